The molecule has 1 amide bonds. The fraction of sp³-hybridized carbons (Fsp3) is 0.263. The molecule has 0 bridgehead atoms. The third kappa shape index (κ3) is 4.87. The Morgan fingerprint density at radius 2 is 1.90 bits per heavy atom. The molecule has 0 aliphatic heterocycles. The smallest absolute Gasteiger partial charge is 0.263 e. The van der Waals surface area contributed by atoms with Crippen LogP contribution in [0.25, 0.3) is 9.88 Å². The number of hydrogen-bond donors (Lipinski definition) is 2. The highest BCUT2D eigenvalue weighted by atomic mass is 35.5. The van der Waals surface area contributed by atoms with Crippen LogP contribution in [0.2, 0.25) is 4.34 Å². The minimum absolute atomic E-state index is 0.0664. The fourth-order valence-corrected chi connectivity index (χ4v) is 6.06. The molecule has 0 atom stereocenters. The Morgan fingerprint density at radius 1 is 1.17 bits per heavy atom. The first-order chi connectivity index (χ1) is 13.8. The summed E-state index contributed by atoms with van der Waals surface area (Å²) in [4.78, 5) is 18.8. The van der Waals surface area contributed by atoms with Gasteiger partial charge in [0.05, 0.1) is 19.8 Å². The number of nitrogens with one attached hydrogen (secondary N) is 2. The van der Waals surface area contributed by atoms with Crippen molar-refractivity contribution in [2.24, 2.45) is 0 Å². The number of benzene rings is 1. The molecule has 2 N–H and O–H groups in total. The second kappa shape index (κ2) is 8.16. The monoisotopic (exact) mass is 467 g/mol. The number of nitrogens with zero attached hydrogens (tertiary/aromatic N) is 1. The van der Waals surface area contributed by atoms with Crippen molar-refractivity contribution in [3.63, 3.8) is 0 Å². The van der Waals surface area contributed by atoms with Crippen molar-refractivity contribution in [2.45, 2.75) is 37.2 Å². The Morgan fingerprint density at radius 3 is 2.52 bits per heavy atom. The summed E-state index contributed by atoms with van der Waals surface area (Å²) in [6.45, 7) is 2.10. The van der Waals surface area contributed by atoms with Gasteiger partial charge in [0, 0.05) is 12.6 Å². The quantitative estimate of drug-likeness (QED) is 0.545. The van der Waals surface area contributed by atoms with Crippen molar-refractivity contribution >= 4 is 50.2 Å². The van der Waals surface area contributed by atoms with Crippen molar-refractivity contribution in [1.29, 1.82) is 0 Å². The van der Waals surface area contributed by atoms with E-state index >= 15 is 0 Å². The molecule has 152 valence electrons. The minimum Gasteiger partial charge on any atom is -0.347 e. The van der Waals surface area contributed by atoms with Crippen LogP contribution in [0.1, 0.15) is 33.8 Å². The summed E-state index contributed by atoms with van der Waals surface area (Å²) in [5, 5.41) is 3.64. The average Bonchev–Trinajstić information content (AvgIpc) is 3.23. The number of carbonyl (C=O) groups is 1. The third-order valence-electron chi connectivity index (χ3n) is 4.37. The second-order valence-electron chi connectivity index (χ2n) is 6.76. The molecule has 1 fully saturated rings. The molecule has 1 aliphatic carbocycles. The van der Waals surface area contributed by atoms with Gasteiger partial charge in [0.2, 0.25) is 10.0 Å². The van der Waals surface area contributed by atoms with E-state index in [4.69, 9.17) is 11.6 Å². The first-order valence-corrected chi connectivity index (χ1v) is 12.4. The number of thiophene rings is 1. The van der Waals surface area contributed by atoms with Crippen molar-refractivity contribution in [3.05, 3.63) is 56.9 Å². The van der Waals surface area contributed by atoms with E-state index in [0.29, 0.717) is 21.5 Å². The Hall–Kier alpha value is -1.78. The number of amides is 1. The Labute approximate surface area is 182 Å². The van der Waals surface area contributed by atoms with Gasteiger partial charge in [-0.15, -0.1) is 22.7 Å². The molecule has 1 aliphatic rings. The lowest BCUT2D eigenvalue weighted by Gasteiger charge is -2.07. The lowest BCUT2D eigenvalue weighted by Crippen LogP contribution is -2.26. The van der Waals surface area contributed by atoms with Crippen molar-refractivity contribution in [1.82, 2.24) is 15.0 Å². The van der Waals surface area contributed by atoms with Crippen LogP contribution in [0.3, 0.4) is 0 Å². The fourth-order valence-electron chi connectivity index (χ4n) is 2.68. The number of aryl methyl sites for hydroxylation is 1. The predicted molar refractivity (Wildman–Crippen MR) is 116 cm³/mol. The lowest BCUT2D eigenvalue weighted by molar-refractivity contribution is 0.0954. The van der Waals surface area contributed by atoms with Gasteiger partial charge in [0.15, 0.2) is 0 Å². The molecule has 1 aromatic carbocycles. The highest BCUT2D eigenvalue weighted by molar-refractivity contribution is 7.89. The van der Waals surface area contributed by atoms with E-state index in [2.05, 4.69) is 15.0 Å². The van der Waals surface area contributed by atoms with Crippen molar-refractivity contribution in [2.75, 3.05) is 0 Å². The maximum Gasteiger partial charge on any atom is 0.263 e. The van der Waals surface area contributed by atoms with E-state index in [1.165, 1.54) is 22.7 Å². The summed E-state index contributed by atoms with van der Waals surface area (Å²) in [6.07, 6.45) is 1.78. The summed E-state index contributed by atoms with van der Waals surface area (Å²) in [6, 6.07) is 10.3. The number of halogens is 1. The standard InChI is InChI=1S/C19H18ClN3O3S3/c1-11-17(28-19(22-11)15-8-9-16(20)27-15)18(24)21-10-12-2-6-14(7-3-12)29(25,26)23-13-4-5-13/h2-3,6-9,13,23H,4-5,10H2,1H3,(H,21,24). The Bertz CT molecular complexity index is 1150. The molecular weight excluding hydrogens is 450 g/mol. The molecule has 1 saturated carbocycles. The van der Waals surface area contributed by atoms with Gasteiger partial charge in [-0.2, -0.15) is 0 Å². The van der Waals surface area contributed by atoms with Crippen LogP contribution in [0, 0.1) is 6.92 Å². The summed E-state index contributed by atoms with van der Waals surface area (Å²) >= 11 is 8.73. The highest BCUT2D eigenvalue weighted by Crippen LogP contribution is 2.34. The van der Waals surface area contributed by atoms with Crippen LogP contribution in [0.15, 0.2) is 41.3 Å². The average molecular weight is 468 g/mol. The lowest BCUT2D eigenvalue weighted by atomic mass is 10.2. The molecule has 0 unspecified atom stereocenters. The molecular formula is C19H18ClN3O3S3. The second-order valence-corrected chi connectivity index (χ2v) is 11.2. The molecule has 2 aromatic heterocycles. The van der Waals surface area contributed by atoms with E-state index in [9.17, 15) is 13.2 Å². The number of carbonyl (C=O) groups excluding carboxylic acids is 1. The summed E-state index contributed by atoms with van der Waals surface area (Å²) in [5.41, 5.74) is 1.48. The van der Waals surface area contributed by atoms with Crippen molar-refractivity contribution in [3.8, 4) is 9.88 Å². The van der Waals surface area contributed by atoms with Gasteiger partial charge >= 0.3 is 0 Å². The zero-order chi connectivity index (χ0) is 20.6. The number of aromatic nitrogens is 1. The highest BCUT2D eigenvalue weighted by Gasteiger charge is 2.27. The molecule has 3 aromatic rings. The maximum atomic E-state index is 12.6. The van der Waals surface area contributed by atoms with Crippen LogP contribution >= 0.6 is 34.3 Å². The van der Waals surface area contributed by atoms with Gasteiger partial charge in [0.1, 0.15) is 9.88 Å². The zero-order valence-corrected chi connectivity index (χ0v) is 18.6. The largest absolute Gasteiger partial charge is 0.347 e. The van der Waals surface area contributed by atoms with Crippen molar-refractivity contribution < 1.29 is 13.2 Å². The SMILES string of the molecule is Cc1nc(-c2ccc(Cl)s2)sc1C(=O)NCc1ccc(S(=O)(=O)NC2CC2)cc1. The van der Waals surface area contributed by atoms with Gasteiger partial charge in [-0.3, -0.25) is 4.79 Å². The molecule has 10 heteroatoms. The molecule has 6 nitrogen and oxygen atoms in total. The van der Waals surface area contributed by atoms with Gasteiger partial charge < -0.3 is 5.32 Å². The first-order valence-electron chi connectivity index (χ1n) is 8.94. The molecule has 0 saturated heterocycles. The molecule has 4 rings (SSSR count). The van der Waals surface area contributed by atoms with Gasteiger partial charge in [-0.05, 0) is 49.6 Å². The van der Waals surface area contributed by atoms with Gasteiger partial charge in [-0.1, -0.05) is 23.7 Å². The molecule has 29 heavy (non-hydrogen) atoms. The summed E-state index contributed by atoms with van der Waals surface area (Å²) in [5.74, 6) is -0.207. The van der Waals surface area contributed by atoms with Gasteiger partial charge in [-0.25, -0.2) is 18.1 Å². The maximum absolute atomic E-state index is 12.6. The third-order valence-corrected chi connectivity index (χ3v) is 8.47. The number of rotatable bonds is 7. The molecule has 2 heterocycles. The normalized spacial score (nSPS) is 14.1. The van der Waals surface area contributed by atoms with E-state index in [0.717, 1.165) is 28.3 Å². The Balaban J connectivity index is 1.40. The van der Waals surface area contributed by atoms with Crippen LogP contribution in [0.4, 0.5) is 0 Å². The van der Waals surface area contributed by atoms with E-state index in [1.807, 2.05) is 12.1 Å². The van der Waals surface area contributed by atoms with Crippen LogP contribution in [-0.2, 0) is 16.6 Å². The predicted octanol–water partition coefficient (Wildman–Crippen LogP) is 4.20. The van der Waals surface area contributed by atoms with Gasteiger partial charge in [0.25, 0.3) is 5.91 Å². The number of thiazole rings is 1. The van der Waals surface area contributed by atoms with E-state index in [1.54, 1.807) is 31.2 Å². The molecule has 0 spiro atoms. The van der Waals surface area contributed by atoms with E-state index < -0.39 is 10.0 Å². The summed E-state index contributed by atoms with van der Waals surface area (Å²) in [7, 11) is -3.47. The first kappa shape index (κ1) is 20.5. The number of sulfonamides is 1. The zero-order valence-electron chi connectivity index (χ0n) is 15.4. The Kier molecular flexibility index (Phi) is 5.76. The molecule has 0 radical (unpaired) electrons. The number of hydrogen-bond acceptors (Lipinski definition) is 6. The van der Waals surface area contributed by atoms with Crippen LogP contribution in [-0.4, -0.2) is 25.4 Å². The summed E-state index contributed by atoms with van der Waals surface area (Å²) < 4.78 is 27.7. The topological polar surface area (TPSA) is 88.2 Å². The van der Waals surface area contributed by atoms with Crippen LogP contribution < -0.4 is 10.0 Å². The van der Waals surface area contributed by atoms with E-state index in [-0.39, 0.29) is 16.8 Å². The van der Waals surface area contributed by atoms with Crippen LogP contribution in [0.5, 0.6) is 0 Å². The minimum atomic E-state index is -3.47.